The quantitative estimate of drug-likeness (QED) is 0.678. The van der Waals surface area contributed by atoms with Crippen molar-refractivity contribution in [2.24, 2.45) is 0 Å². The molecule has 1 saturated heterocycles. The molecule has 0 atom stereocenters. The largest absolute Gasteiger partial charge is 0.328 e. The molecule has 0 aliphatic carbocycles. The van der Waals surface area contributed by atoms with Crippen LogP contribution in [0.25, 0.3) is 6.08 Å². The number of rotatable bonds is 3. The number of likely N-dealkylation sites (N-methyl/N-ethyl adjacent to an activating group) is 1. The lowest BCUT2D eigenvalue weighted by molar-refractivity contribution is -0.122. The number of hydrogen-bond acceptors (Lipinski definition) is 3. The smallest absolute Gasteiger partial charge is 0.276 e. The van der Waals surface area contributed by atoms with Crippen molar-refractivity contribution in [3.8, 4) is 0 Å². The summed E-state index contributed by atoms with van der Waals surface area (Å²) in [5, 5.41) is 7.69. The average Bonchev–Trinajstić information content (AvgIpc) is 2.82. The molecule has 18 heavy (non-hydrogen) atoms. The number of nitrogens with zero attached hydrogens (tertiary/aromatic N) is 3. The van der Waals surface area contributed by atoms with Gasteiger partial charge < -0.3 is 5.32 Å². The number of hydrogen-bond donors (Lipinski definition) is 1. The first-order chi connectivity index (χ1) is 8.56. The molecule has 1 N–H and O–H groups in total. The zero-order chi connectivity index (χ0) is 13.3. The van der Waals surface area contributed by atoms with Crippen LogP contribution in [-0.2, 0) is 11.3 Å². The van der Waals surface area contributed by atoms with E-state index in [2.05, 4.69) is 26.3 Å². The Morgan fingerprint density at radius 2 is 2.22 bits per heavy atom. The SMILES string of the molecule is CCN1C(=O)/C(=C\c2nn(CC)cc2Br)NC1=S. The summed E-state index contributed by atoms with van der Waals surface area (Å²) in [6.45, 7) is 5.23. The van der Waals surface area contributed by atoms with E-state index in [0.717, 1.165) is 11.0 Å². The Morgan fingerprint density at radius 1 is 1.50 bits per heavy atom. The van der Waals surface area contributed by atoms with Gasteiger partial charge in [-0.2, -0.15) is 5.10 Å². The lowest BCUT2D eigenvalue weighted by Crippen LogP contribution is -2.30. The monoisotopic (exact) mass is 328 g/mol. The number of aromatic nitrogens is 2. The van der Waals surface area contributed by atoms with E-state index in [0.29, 0.717) is 23.0 Å². The minimum Gasteiger partial charge on any atom is -0.328 e. The van der Waals surface area contributed by atoms with Crippen LogP contribution < -0.4 is 5.32 Å². The van der Waals surface area contributed by atoms with Gasteiger partial charge in [0.05, 0.1) is 4.47 Å². The second-order valence-electron chi connectivity index (χ2n) is 3.76. The fourth-order valence-corrected chi connectivity index (χ4v) is 2.42. The predicted molar refractivity (Wildman–Crippen MR) is 76.7 cm³/mol. The fourth-order valence-electron chi connectivity index (χ4n) is 1.67. The van der Waals surface area contributed by atoms with Crippen LogP contribution in [0, 0.1) is 0 Å². The summed E-state index contributed by atoms with van der Waals surface area (Å²) in [6.07, 6.45) is 3.59. The number of nitrogens with one attached hydrogen (secondary N) is 1. The third kappa shape index (κ3) is 2.32. The lowest BCUT2D eigenvalue weighted by Gasteiger charge is -2.08. The Balaban J connectivity index is 2.31. The maximum absolute atomic E-state index is 12.0. The van der Waals surface area contributed by atoms with Crippen LogP contribution in [0.5, 0.6) is 0 Å². The zero-order valence-electron chi connectivity index (χ0n) is 10.1. The first-order valence-electron chi connectivity index (χ1n) is 5.64. The normalized spacial score (nSPS) is 17.7. The third-order valence-electron chi connectivity index (χ3n) is 2.63. The van der Waals surface area contributed by atoms with E-state index in [4.69, 9.17) is 12.2 Å². The summed E-state index contributed by atoms with van der Waals surface area (Å²) in [4.78, 5) is 13.5. The number of thiocarbonyl (C=S) groups is 1. The molecule has 1 amide bonds. The lowest BCUT2D eigenvalue weighted by atomic mass is 10.3. The molecular formula is C11H13BrN4OS. The minimum absolute atomic E-state index is 0.111. The Labute approximate surface area is 119 Å². The molecule has 0 unspecified atom stereocenters. The van der Waals surface area contributed by atoms with Gasteiger partial charge in [-0.25, -0.2) is 0 Å². The fraction of sp³-hybridized carbons (Fsp3) is 0.364. The van der Waals surface area contributed by atoms with Crippen LogP contribution in [0.3, 0.4) is 0 Å². The predicted octanol–water partition coefficient (Wildman–Crippen LogP) is 1.74. The molecule has 1 fully saturated rings. The van der Waals surface area contributed by atoms with Gasteiger partial charge in [0.15, 0.2) is 5.11 Å². The van der Waals surface area contributed by atoms with Crippen molar-refractivity contribution in [3.63, 3.8) is 0 Å². The molecule has 0 bridgehead atoms. The molecule has 0 saturated carbocycles. The summed E-state index contributed by atoms with van der Waals surface area (Å²) in [5.41, 5.74) is 1.18. The molecule has 7 heteroatoms. The second-order valence-corrected chi connectivity index (χ2v) is 5.00. The van der Waals surface area contributed by atoms with Gasteiger partial charge in [-0.15, -0.1) is 0 Å². The maximum atomic E-state index is 12.0. The third-order valence-corrected chi connectivity index (χ3v) is 3.56. The van der Waals surface area contributed by atoms with Gasteiger partial charge >= 0.3 is 0 Å². The average molecular weight is 329 g/mol. The molecule has 2 rings (SSSR count). The van der Waals surface area contributed by atoms with Crippen molar-refractivity contribution in [3.05, 3.63) is 22.1 Å². The van der Waals surface area contributed by atoms with Crippen LogP contribution in [0.15, 0.2) is 16.4 Å². The van der Waals surface area contributed by atoms with Crippen molar-refractivity contribution in [1.29, 1.82) is 0 Å². The van der Waals surface area contributed by atoms with E-state index in [1.165, 1.54) is 4.90 Å². The van der Waals surface area contributed by atoms with Gasteiger partial charge in [0.1, 0.15) is 11.4 Å². The number of carbonyl (C=O) groups excluding carboxylic acids is 1. The molecule has 1 aliphatic rings. The molecule has 0 aromatic carbocycles. The number of carbonyl (C=O) groups is 1. The Hall–Kier alpha value is -1.21. The minimum atomic E-state index is -0.111. The van der Waals surface area contributed by atoms with Gasteiger partial charge in [-0.05, 0) is 48.1 Å². The molecule has 0 spiro atoms. The molecular weight excluding hydrogens is 316 g/mol. The van der Waals surface area contributed by atoms with Gasteiger partial charge in [-0.3, -0.25) is 14.4 Å². The highest BCUT2D eigenvalue weighted by atomic mass is 79.9. The van der Waals surface area contributed by atoms with Crippen LogP contribution in [0.2, 0.25) is 0 Å². The van der Waals surface area contributed by atoms with Crippen molar-refractivity contribution in [2.45, 2.75) is 20.4 Å². The zero-order valence-corrected chi connectivity index (χ0v) is 12.5. The van der Waals surface area contributed by atoms with Crippen molar-refractivity contribution < 1.29 is 4.79 Å². The standard InChI is InChI=1S/C11H13BrN4OS/c1-3-15-6-7(12)8(14-15)5-9-10(17)16(4-2)11(18)13-9/h5-6H,3-4H2,1-2H3,(H,13,18)/b9-5+. The second kappa shape index (κ2) is 5.19. The van der Waals surface area contributed by atoms with Crippen LogP contribution >= 0.6 is 28.1 Å². The van der Waals surface area contributed by atoms with E-state index in [1.54, 1.807) is 10.8 Å². The molecule has 1 aromatic rings. The number of aryl methyl sites for hydroxylation is 1. The Bertz CT molecular complexity index is 537. The number of halogens is 1. The maximum Gasteiger partial charge on any atom is 0.276 e. The molecule has 1 aliphatic heterocycles. The van der Waals surface area contributed by atoms with Crippen molar-refractivity contribution >= 4 is 45.2 Å². The van der Waals surface area contributed by atoms with E-state index >= 15 is 0 Å². The summed E-state index contributed by atoms with van der Waals surface area (Å²) >= 11 is 8.51. The van der Waals surface area contributed by atoms with E-state index in [1.807, 2.05) is 20.0 Å². The van der Waals surface area contributed by atoms with Crippen molar-refractivity contribution in [2.75, 3.05) is 6.54 Å². The van der Waals surface area contributed by atoms with E-state index in [-0.39, 0.29) is 5.91 Å². The van der Waals surface area contributed by atoms with Crippen LogP contribution in [0.1, 0.15) is 19.5 Å². The Morgan fingerprint density at radius 3 is 2.72 bits per heavy atom. The first-order valence-corrected chi connectivity index (χ1v) is 6.84. The van der Waals surface area contributed by atoms with Gasteiger partial charge in [-0.1, -0.05) is 0 Å². The molecule has 1 aromatic heterocycles. The van der Waals surface area contributed by atoms with Gasteiger partial charge in [0.25, 0.3) is 5.91 Å². The first kappa shape index (κ1) is 13.2. The van der Waals surface area contributed by atoms with Crippen molar-refractivity contribution in [1.82, 2.24) is 20.0 Å². The van der Waals surface area contributed by atoms with E-state index in [9.17, 15) is 4.79 Å². The highest BCUT2D eigenvalue weighted by molar-refractivity contribution is 9.10. The summed E-state index contributed by atoms with van der Waals surface area (Å²) in [5.74, 6) is -0.111. The van der Waals surface area contributed by atoms with Gasteiger partial charge in [0, 0.05) is 19.3 Å². The summed E-state index contributed by atoms with van der Waals surface area (Å²) in [7, 11) is 0. The molecule has 2 heterocycles. The molecule has 5 nitrogen and oxygen atoms in total. The molecule has 0 radical (unpaired) electrons. The summed E-state index contributed by atoms with van der Waals surface area (Å²) < 4.78 is 2.65. The van der Waals surface area contributed by atoms with E-state index < -0.39 is 0 Å². The Kier molecular flexibility index (Phi) is 3.82. The summed E-state index contributed by atoms with van der Waals surface area (Å²) in [6, 6.07) is 0. The van der Waals surface area contributed by atoms with Crippen LogP contribution in [0.4, 0.5) is 0 Å². The highest BCUT2D eigenvalue weighted by Crippen LogP contribution is 2.20. The number of amides is 1. The van der Waals surface area contributed by atoms with Gasteiger partial charge in [0.2, 0.25) is 0 Å². The highest BCUT2D eigenvalue weighted by Gasteiger charge is 2.29. The molecule has 96 valence electrons. The van der Waals surface area contributed by atoms with Crippen LogP contribution in [-0.4, -0.2) is 32.2 Å². The topological polar surface area (TPSA) is 50.2 Å².